The number of benzene rings is 1. The van der Waals surface area contributed by atoms with Crippen molar-refractivity contribution in [3.8, 4) is 0 Å². The summed E-state index contributed by atoms with van der Waals surface area (Å²) >= 11 is 7.41. The lowest BCUT2D eigenvalue weighted by molar-refractivity contribution is -0.117. The molecule has 1 aromatic heterocycles. The van der Waals surface area contributed by atoms with E-state index in [1.54, 1.807) is 17.5 Å². The Morgan fingerprint density at radius 2 is 2.26 bits per heavy atom. The molecule has 102 valence electrons. The van der Waals surface area contributed by atoms with Crippen LogP contribution in [0.4, 0.5) is 0 Å². The van der Waals surface area contributed by atoms with Crippen LogP contribution < -0.4 is 5.73 Å². The average molecular weight is 336 g/mol. The van der Waals surface area contributed by atoms with Crippen molar-refractivity contribution in [3.05, 3.63) is 34.2 Å². The summed E-state index contributed by atoms with van der Waals surface area (Å²) in [5.74, 6) is -0.673. The lowest BCUT2D eigenvalue weighted by atomic mass is 10.1. The molecule has 0 spiro atoms. The molecule has 0 saturated carbocycles. The van der Waals surface area contributed by atoms with Gasteiger partial charge >= 0.3 is 0 Å². The van der Waals surface area contributed by atoms with Gasteiger partial charge in [0.25, 0.3) is 0 Å². The predicted octanol–water partition coefficient (Wildman–Crippen LogP) is 3.80. The zero-order valence-corrected chi connectivity index (χ0v) is 13.6. The minimum absolute atomic E-state index is 0.549. The smallest absolute Gasteiger partial charge is 0.234 e. The monoisotopic (exact) mass is 335 g/mol. The summed E-state index contributed by atoms with van der Waals surface area (Å²) in [6, 6.07) is 5.36. The highest BCUT2D eigenvalue weighted by molar-refractivity contribution is 7.63. The summed E-state index contributed by atoms with van der Waals surface area (Å²) in [6.07, 6.45) is 0. The summed E-state index contributed by atoms with van der Waals surface area (Å²) < 4.78 is 18.2. The Labute approximate surface area is 122 Å². The molecular formula is C11H12ClNO3P2S. The number of amides is 1. The fourth-order valence-corrected chi connectivity index (χ4v) is 4.84. The number of hydrogen-bond donors (Lipinski definition) is 1. The van der Waals surface area contributed by atoms with Crippen LogP contribution in [0.25, 0.3) is 10.1 Å². The first kappa shape index (κ1) is 15.0. The van der Waals surface area contributed by atoms with E-state index in [9.17, 15) is 9.36 Å². The van der Waals surface area contributed by atoms with E-state index < -0.39 is 18.9 Å². The van der Waals surface area contributed by atoms with Gasteiger partial charge < -0.3 is 10.0 Å². The fourth-order valence-electron chi connectivity index (χ4n) is 1.93. The highest BCUT2D eigenvalue weighted by atomic mass is 35.5. The van der Waals surface area contributed by atoms with Crippen LogP contribution in [0.15, 0.2) is 23.6 Å². The Morgan fingerprint density at radius 1 is 1.58 bits per heavy atom. The van der Waals surface area contributed by atoms with E-state index in [2.05, 4.69) is 0 Å². The molecule has 1 amide bonds. The third-order valence-corrected chi connectivity index (χ3v) is 7.17. The van der Waals surface area contributed by atoms with Crippen molar-refractivity contribution in [3.63, 3.8) is 0 Å². The number of nitrogens with two attached hydrogens (primary N) is 1. The molecule has 1 heterocycles. The molecule has 0 radical (unpaired) electrons. The number of carbonyl (C=O) groups excluding carboxylic acids is 1. The molecule has 2 aromatic rings. The van der Waals surface area contributed by atoms with Crippen molar-refractivity contribution in [1.29, 1.82) is 0 Å². The average Bonchev–Trinajstić information content (AvgIpc) is 2.72. The van der Waals surface area contributed by atoms with Crippen LogP contribution in [-0.2, 0) is 13.7 Å². The molecule has 3 unspecified atom stereocenters. The zero-order valence-electron chi connectivity index (χ0n) is 10.00. The van der Waals surface area contributed by atoms with Gasteiger partial charge in [-0.1, -0.05) is 11.6 Å². The molecule has 0 aliphatic carbocycles. The lowest BCUT2D eigenvalue weighted by Crippen LogP contribution is -2.21. The SMILES string of the molecule is CP(=O)(OP)C(C(N)=O)c1csc2ccc(Cl)cc12. The van der Waals surface area contributed by atoms with Crippen molar-refractivity contribution in [1.82, 2.24) is 0 Å². The second kappa shape index (κ2) is 5.51. The van der Waals surface area contributed by atoms with E-state index in [0.717, 1.165) is 10.1 Å². The van der Waals surface area contributed by atoms with Gasteiger partial charge in [0.15, 0.2) is 0 Å². The molecule has 3 atom stereocenters. The van der Waals surface area contributed by atoms with Gasteiger partial charge in [0.05, 0.1) is 0 Å². The van der Waals surface area contributed by atoms with Gasteiger partial charge in [0.1, 0.15) is 5.66 Å². The van der Waals surface area contributed by atoms with Crippen molar-refractivity contribution in [2.24, 2.45) is 5.73 Å². The van der Waals surface area contributed by atoms with Crippen molar-refractivity contribution >= 4 is 55.8 Å². The first-order chi connectivity index (χ1) is 8.86. The van der Waals surface area contributed by atoms with E-state index in [-0.39, 0.29) is 0 Å². The van der Waals surface area contributed by atoms with Gasteiger partial charge in [-0.25, -0.2) is 0 Å². The number of rotatable bonds is 4. The Bertz CT molecular complexity index is 688. The minimum Gasteiger partial charge on any atom is -0.369 e. The van der Waals surface area contributed by atoms with Crippen LogP contribution in [0.2, 0.25) is 5.02 Å². The maximum absolute atomic E-state index is 12.4. The summed E-state index contributed by atoms with van der Waals surface area (Å²) in [4.78, 5) is 11.7. The molecule has 2 rings (SSSR count). The molecule has 0 aliphatic rings. The van der Waals surface area contributed by atoms with Gasteiger partial charge in [-0.3, -0.25) is 9.36 Å². The van der Waals surface area contributed by atoms with Crippen LogP contribution in [0.3, 0.4) is 0 Å². The van der Waals surface area contributed by atoms with Gasteiger partial charge in [-0.05, 0) is 34.5 Å². The second-order valence-corrected chi connectivity index (χ2v) is 8.68. The summed E-state index contributed by atoms with van der Waals surface area (Å²) in [5.41, 5.74) is 5.02. The van der Waals surface area contributed by atoms with E-state index in [1.807, 2.05) is 15.5 Å². The molecule has 0 bridgehead atoms. The second-order valence-electron chi connectivity index (χ2n) is 4.15. The Hall–Kier alpha value is -0.440. The van der Waals surface area contributed by atoms with E-state index in [4.69, 9.17) is 21.6 Å². The highest BCUT2D eigenvalue weighted by Gasteiger charge is 2.36. The van der Waals surface area contributed by atoms with Crippen LogP contribution in [0.1, 0.15) is 11.2 Å². The first-order valence-electron chi connectivity index (χ1n) is 5.28. The predicted molar refractivity (Wildman–Crippen MR) is 83.1 cm³/mol. The Kier molecular flexibility index (Phi) is 4.34. The molecule has 2 N–H and O–H groups in total. The minimum atomic E-state index is -3.20. The number of hydrogen-bond acceptors (Lipinski definition) is 4. The molecular weight excluding hydrogens is 324 g/mol. The maximum Gasteiger partial charge on any atom is 0.234 e. The first-order valence-corrected chi connectivity index (χ1v) is 9.15. The van der Waals surface area contributed by atoms with Gasteiger partial charge in [-0.2, -0.15) is 0 Å². The van der Waals surface area contributed by atoms with E-state index in [0.29, 0.717) is 10.6 Å². The van der Waals surface area contributed by atoms with Crippen molar-refractivity contribution in [2.75, 3.05) is 6.66 Å². The molecule has 0 aliphatic heterocycles. The number of primary amides is 1. The molecule has 1 aromatic carbocycles. The van der Waals surface area contributed by atoms with Gasteiger partial charge in [-0.15, -0.1) is 11.3 Å². The van der Waals surface area contributed by atoms with E-state index >= 15 is 0 Å². The Balaban J connectivity index is 2.67. The lowest BCUT2D eigenvalue weighted by Gasteiger charge is -2.19. The standard InChI is InChI=1S/C11H12ClNO3P2S/c1-18(15,16-17)10(11(13)14)8-5-19-9-3-2-6(12)4-7(8)9/h2-5,10H,17H2,1H3,(H2,13,14). The summed E-state index contributed by atoms with van der Waals surface area (Å²) in [5, 5.41) is 3.11. The van der Waals surface area contributed by atoms with Crippen molar-refractivity contribution in [2.45, 2.75) is 5.66 Å². The summed E-state index contributed by atoms with van der Waals surface area (Å²) in [7, 11) is -1.26. The topological polar surface area (TPSA) is 69.4 Å². The summed E-state index contributed by atoms with van der Waals surface area (Å²) in [6.45, 7) is 1.39. The van der Waals surface area contributed by atoms with Gasteiger partial charge in [0, 0.05) is 25.9 Å². The molecule has 4 nitrogen and oxygen atoms in total. The van der Waals surface area contributed by atoms with Crippen LogP contribution in [0, 0.1) is 0 Å². The number of fused-ring (bicyclic) bond motifs is 1. The zero-order chi connectivity index (χ0) is 14.2. The number of thiophene rings is 1. The third-order valence-electron chi connectivity index (χ3n) is 2.81. The number of carbonyl (C=O) groups is 1. The van der Waals surface area contributed by atoms with Crippen LogP contribution in [-0.4, -0.2) is 12.6 Å². The van der Waals surface area contributed by atoms with Crippen LogP contribution in [0.5, 0.6) is 0 Å². The maximum atomic E-state index is 12.4. The molecule has 0 fully saturated rings. The molecule has 0 saturated heterocycles. The largest absolute Gasteiger partial charge is 0.369 e. The fraction of sp³-hybridized carbons (Fsp3) is 0.182. The van der Waals surface area contributed by atoms with Gasteiger partial charge in [0.2, 0.25) is 13.3 Å². The van der Waals surface area contributed by atoms with Crippen molar-refractivity contribution < 1.29 is 13.7 Å². The third kappa shape index (κ3) is 2.86. The Morgan fingerprint density at radius 3 is 2.84 bits per heavy atom. The quantitative estimate of drug-likeness (QED) is 0.864. The van der Waals surface area contributed by atoms with Crippen LogP contribution >= 0.6 is 39.8 Å². The molecule has 19 heavy (non-hydrogen) atoms. The highest BCUT2D eigenvalue weighted by Crippen LogP contribution is 2.59. The number of halogens is 1. The normalized spacial score (nSPS) is 16.2. The van der Waals surface area contributed by atoms with E-state index in [1.165, 1.54) is 18.0 Å². The molecule has 8 heteroatoms.